The number of rotatable bonds is 8. The standard InChI is InChI=1S/C29H30ClF2N5O2S/c1-3-17-14-18(15-19-16-34-29(36-28(17)19)35-21-10-8-20(33-2)9-11-21)26-23(31)12-13-24(27(26)32)37-40(38,39)25-7-5-4-6-22(25)30/h4-7,12-16,20-21,33,37H,3,8-11H2,1-2H3,(H,34,35,36). The van der Waals surface area contributed by atoms with Gasteiger partial charge in [-0.25, -0.2) is 27.2 Å². The third-order valence-electron chi connectivity index (χ3n) is 7.36. The molecule has 0 amide bonds. The maximum atomic E-state index is 15.7. The molecule has 3 aromatic carbocycles. The Morgan fingerprint density at radius 2 is 1.75 bits per heavy atom. The van der Waals surface area contributed by atoms with Crippen LogP contribution in [0.4, 0.5) is 20.4 Å². The molecule has 0 spiro atoms. The zero-order valence-electron chi connectivity index (χ0n) is 22.1. The maximum absolute atomic E-state index is 15.7. The second kappa shape index (κ2) is 11.6. The Morgan fingerprint density at radius 3 is 2.45 bits per heavy atom. The second-order valence-corrected chi connectivity index (χ2v) is 12.0. The van der Waals surface area contributed by atoms with E-state index in [2.05, 4.69) is 20.3 Å². The van der Waals surface area contributed by atoms with Gasteiger partial charge < -0.3 is 10.6 Å². The van der Waals surface area contributed by atoms with Gasteiger partial charge in [-0.05, 0) is 86.7 Å². The second-order valence-electron chi connectivity index (χ2n) is 9.92. The fourth-order valence-corrected chi connectivity index (χ4v) is 6.75. The predicted molar refractivity (Wildman–Crippen MR) is 155 cm³/mol. The third kappa shape index (κ3) is 5.75. The van der Waals surface area contributed by atoms with Crippen LogP contribution in [0.1, 0.15) is 38.2 Å². The monoisotopic (exact) mass is 585 g/mol. The molecule has 1 aliphatic carbocycles. The van der Waals surface area contributed by atoms with Crippen molar-refractivity contribution in [1.82, 2.24) is 15.3 Å². The van der Waals surface area contributed by atoms with Crippen LogP contribution < -0.4 is 15.4 Å². The highest BCUT2D eigenvalue weighted by Gasteiger charge is 2.24. The van der Waals surface area contributed by atoms with Gasteiger partial charge in [0.15, 0.2) is 5.82 Å². The molecule has 1 aliphatic rings. The fraction of sp³-hybridized carbons (Fsp3) is 0.310. The lowest BCUT2D eigenvalue weighted by Crippen LogP contribution is -2.35. The van der Waals surface area contributed by atoms with Gasteiger partial charge in [0.2, 0.25) is 5.95 Å². The number of benzene rings is 3. The Hall–Kier alpha value is -3.34. The Balaban J connectivity index is 1.48. The van der Waals surface area contributed by atoms with Crippen LogP contribution in [0.15, 0.2) is 59.6 Å². The van der Waals surface area contributed by atoms with Crippen molar-refractivity contribution in [2.75, 3.05) is 17.1 Å². The van der Waals surface area contributed by atoms with Gasteiger partial charge in [0.25, 0.3) is 10.0 Å². The van der Waals surface area contributed by atoms with Crippen molar-refractivity contribution in [2.45, 2.75) is 56.0 Å². The molecule has 0 radical (unpaired) electrons. The molecule has 7 nitrogen and oxygen atoms in total. The first-order valence-corrected chi connectivity index (χ1v) is 15.1. The summed E-state index contributed by atoms with van der Waals surface area (Å²) in [7, 11) is -2.24. The zero-order chi connectivity index (χ0) is 28.4. The topological polar surface area (TPSA) is 96.0 Å². The Bertz CT molecular complexity index is 1660. The van der Waals surface area contributed by atoms with Gasteiger partial charge in [0.1, 0.15) is 10.7 Å². The van der Waals surface area contributed by atoms with E-state index in [1.165, 1.54) is 18.2 Å². The van der Waals surface area contributed by atoms with Gasteiger partial charge in [0.05, 0.1) is 21.8 Å². The van der Waals surface area contributed by atoms with E-state index in [1.54, 1.807) is 24.4 Å². The van der Waals surface area contributed by atoms with Crippen LogP contribution in [0, 0.1) is 11.6 Å². The minimum absolute atomic E-state index is 0.0145. The molecule has 1 saturated carbocycles. The summed E-state index contributed by atoms with van der Waals surface area (Å²) in [6, 6.07) is 12.0. The average Bonchev–Trinajstić information content (AvgIpc) is 2.95. The van der Waals surface area contributed by atoms with Crippen molar-refractivity contribution in [3.8, 4) is 11.1 Å². The summed E-state index contributed by atoms with van der Waals surface area (Å²) in [5.41, 5.74) is 1.01. The van der Waals surface area contributed by atoms with Gasteiger partial charge in [-0.1, -0.05) is 30.7 Å². The van der Waals surface area contributed by atoms with E-state index in [-0.39, 0.29) is 27.1 Å². The van der Waals surface area contributed by atoms with Crippen LogP contribution in [-0.2, 0) is 16.4 Å². The minimum Gasteiger partial charge on any atom is -0.351 e. The molecule has 1 aromatic heterocycles. The van der Waals surface area contributed by atoms with Gasteiger partial charge in [-0.2, -0.15) is 0 Å². The number of fused-ring (bicyclic) bond motifs is 1. The summed E-state index contributed by atoms with van der Waals surface area (Å²) in [4.78, 5) is 9.00. The van der Waals surface area contributed by atoms with E-state index in [0.717, 1.165) is 43.4 Å². The number of halogens is 3. The third-order valence-corrected chi connectivity index (χ3v) is 9.23. The smallest absolute Gasteiger partial charge is 0.263 e. The summed E-state index contributed by atoms with van der Waals surface area (Å²) in [5, 5.41) is 7.37. The van der Waals surface area contributed by atoms with Gasteiger partial charge in [-0.3, -0.25) is 4.72 Å². The summed E-state index contributed by atoms with van der Waals surface area (Å²) in [6.07, 6.45) is 6.40. The summed E-state index contributed by atoms with van der Waals surface area (Å²) in [5.74, 6) is -1.33. The molecule has 0 atom stereocenters. The van der Waals surface area contributed by atoms with Gasteiger partial charge in [-0.15, -0.1) is 0 Å². The van der Waals surface area contributed by atoms with Crippen LogP contribution in [0.3, 0.4) is 0 Å². The number of aryl methyl sites for hydroxylation is 1. The summed E-state index contributed by atoms with van der Waals surface area (Å²) >= 11 is 6.04. The van der Waals surface area contributed by atoms with E-state index in [4.69, 9.17) is 16.6 Å². The van der Waals surface area contributed by atoms with E-state index in [0.29, 0.717) is 29.3 Å². The lowest BCUT2D eigenvalue weighted by atomic mass is 9.91. The van der Waals surface area contributed by atoms with Crippen LogP contribution in [0.25, 0.3) is 22.0 Å². The first-order valence-electron chi connectivity index (χ1n) is 13.2. The molecule has 0 saturated heterocycles. The lowest BCUT2D eigenvalue weighted by molar-refractivity contribution is 0.370. The number of sulfonamides is 1. The van der Waals surface area contributed by atoms with Gasteiger partial charge in [0, 0.05) is 23.7 Å². The molecule has 0 aliphatic heterocycles. The number of nitrogens with one attached hydrogen (secondary N) is 3. The number of anilines is 2. The summed E-state index contributed by atoms with van der Waals surface area (Å²) in [6.45, 7) is 1.94. The molecular weight excluding hydrogens is 556 g/mol. The van der Waals surface area contributed by atoms with Crippen molar-refractivity contribution < 1.29 is 17.2 Å². The van der Waals surface area contributed by atoms with Gasteiger partial charge >= 0.3 is 0 Å². The van der Waals surface area contributed by atoms with E-state index >= 15 is 8.78 Å². The van der Waals surface area contributed by atoms with Crippen LogP contribution in [-0.4, -0.2) is 37.5 Å². The van der Waals surface area contributed by atoms with Crippen molar-refractivity contribution in [2.24, 2.45) is 0 Å². The molecule has 11 heteroatoms. The Kier molecular flexibility index (Phi) is 8.21. The number of hydrogen-bond donors (Lipinski definition) is 3. The first kappa shape index (κ1) is 28.2. The van der Waals surface area contributed by atoms with E-state index in [1.807, 2.05) is 14.0 Å². The molecule has 1 heterocycles. The van der Waals surface area contributed by atoms with E-state index < -0.39 is 27.3 Å². The SMILES string of the molecule is CCc1cc(-c2c(F)ccc(NS(=O)(=O)c3ccccc3Cl)c2F)cc2cnc(NC3CCC(NC)CC3)nc12. The molecule has 3 N–H and O–H groups in total. The minimum atomic E-state index is -4.22. The normalized spacial score (nSPS) is 17.6. The van der Waals surface area contributed by atoms with Crippen LogP contribution in [0.2, 0.25) is 5.02 Å². The number of nitrogens with zero attached hydrogens (tertiary/aromatic N) is 2. The highest BCUT2D eigenvalue weighted by Crippen LogP contribution is 2.35. The number of aromatic nitrogens is 2. The fourth-order valence-electron chi connectivity index (χ4n) is 5.17. The highest BCUT2D eigenvalue weighted by atomic mass is 35.5. The lowest BCUT2D eigenvalue weighted by Gasteiger charge is -2.28. The molecule has 1 fully saturated rings. The maximum Gasteiger partial charge on any atom is 0.263 e. The van der Waals surface area contributed by atoms with Crippen LogP contribution >= 0.6 is 11.6 Å². The molecule has 4 aromatic rings. The largest absolute Gasteiger partial charge is 0.351 e. The predicted octanol–water partition coefficient (Wildman–Crippen LogP) is 6.53. The quantitative estimate of drug-likeness (QED) is 0.217. The first-order chi connectivity index (χ1) is 19.2. The molecule has 40 heavy (non-hydrogen) atoms. The Labute approximate surface area is 237 Å². The zero-order valence-corrected chi connectivity index (χ0v) is 23.7. The summed E-state index contributed by atoms with van der Waals surface area (Å²) < 4.78 is 58.8. The van der Waals surface area contributed by atoms with Crippen LogP contribution in [0.5, 0.6) is 0 Å². The molecule has 0 unspecified atom stereocenters. The molecule has 210 valence electrons. The molecular formula is C29H30ClF2N5O2S. The van der Waals surface area contributed by atoms with Crippen molar-refractivity contribution in [1.29, 1.82) is 0 Å². The molecule has 5 rings (SSSR count). The van der Waals surface area contributed by atoms with Crippen molar-refractivity contribution >= 4 is 44.2 Å². The number of hydrogen-bond acceptors (Lipinski definition) is 6. The molecule has 0 bridgehead atoms. The Morgan fingerprint density at radius 1 is 1.02 bits per heavy atom. The van der Waals surface area contributed by atoms with E-state index in [9.17, 15) is 8.42 Å². The highest BCUT2D eigenvalue weighted by molar-refractivity contribution is 7.92. The van der Waals surface area contributed by atoms with Crippen molar-refractivity contribution in [3.05, 3.63) is 76.9 Å². The van der Waals surface area contributed by atoms with Crippen molar-refractivity contribution in [3.63, 3.8) is 0 Å². The average molecular weight is 586 g/mol.